The lowest BCUT2D eigenvalue weighted by molar-refractivity contribution is 0.103. The van der Waals surface area contributed by atoms with Gasteiger partial charge in [0.15, 0.2) is 5.78 Å². The number of hydrogen-bond donors (Lipinski definition) is 0. The molecule has 0 aliphatic rings. The number of hydrogen-bond acceptors (Lipinski definition) is 3. The monoisotopic (exact) mass is 368 g/mol. The lowest BCUT2D eigenvalue weighted by atomic mass is 9.98. The van der Waals surface area contributed by atoms with Crippen LogP contribution in [0.2, 0.25) is 0 Å². The van der Waals surface area contributed by atoms with Gasteiger partial charge >= 0.3 is 0 Å². The first kappa shape index (κ1) is 17.7. The molecule has 28 heavy (non-hydrogen) atoms. The van der Waals surface area contributed by atoms with Crippen LogP contribution in [-0.4, -0.2) is 22.7 Å². The molecule has 3 aromatic carbocycles. The first-order valence-corrected chi connectivity index (χ1v) is 9.08. The normalized spacial score (nSPS) is 10.6. The van der Waals surface area contributed by atoms with Gasteiger partial charge in [0.1, 0.15) is 11.4 Å². The van der Waals surface area contributed by atoms with E-state index in [1.165, 1.54) is 0 Å². The lowest BCUT2D eigenvalue weighted by Gasteiger charge is -2.06. The third-order valence-corrected chi connectivity index (χ3v) is 4.72. The number of carbonyl (C=O) groups is 1. The predicted octanol–water partition coefficient (Wildman–Crippen LogP) is 5.09. The molecule has 0 fully saturated rings. The van der Waals surface area contributed by atoms with Crippen molar-refractivity contribution in [2.45, 2.75) is 6.92 Å². The molecule has 0 radical (unpaired) electrons. The standard InChI is InChI=1S/C24H20N2O2/c1-17-22(24(27)18-10-5-3-6-11-18)23(19-12-9-15-21(16-19)28-2)25-26(17)20-13-7-4-8-14-20/h3-16H,1-2H3. The maximum absolute atomic E-state index is 13.4. The Morgan fingerprint density at radius 2 is 1.57 bits per heavy atom. The fourth-order valence-corrected chi connectivity index (χ4v) is 3.30. The maximum atomic E-state index is 13.4. The first-order chi connectivity index (χ1) is 13.7. The van der Waals surface area contributed by atoms with Crippen molar-refractivity contribution in [1.29, 1.82) is 0 Å². The van der Waals surface area contributed by atoms with Crippen molar-refractivity contribution < 1.29 is 9.53 Å². The molecule has 4 heteroatoms. The zero-order chi connectivity index (χ0) is 19.5. The van der Waals surface area contributed by atoms with E-state index in [-0.39, 0.29) is 5.78 Å². The molecule has 0 unspecified atom stereocenters. The molecule has 0 atom stereocenters. The smallest absolute Gasteiger partial charge is 0.197 e. The Morgan fingerprint density at radius 3 is 2.25 bits per heavy atom. The van der Waals surface area contributed by atoms with Crippen LogP contribution in [0.15, 0.2) is 84.9 Å². The fourth-order valence-electron chi connectivity index (χ4n) is 3.30. The van der Waals surface area contributed by atoms with Gasteiger partial charge in [0.25, 0.3) is 0 Å². The van der Waals surface area contributed by atoms with E-state index in [2.05, 4.69) is 0 Å². The van der Waals surface area contributed by atoms with E-state index in [1.807, 2.05) is 96.5 Å². The molecule has 138 valence electrons. The third-order valence-electron chi connectivity index (χ3n) is 4.72. The summed E-state index contributed by atoms with van der Waals surface area (Å²) in [6.07, 6.45) is 0. The van der Waals surface area contributed by atoms with Gasteiger partial charge in [0.05, 0.1) is 24.1 Å². The molecular formula is C24H20N2O2. The van der Waals surface area contributed by atoms with Crippen LogP contribution in [0, 0.1) is 6.92 Å². The zero-order valence-electron chi connectivity index (χ0n) is 15.8. The van der Waals surface area contributed by atoms with Crippen molar-refractivity contribution in [2.75, 3.05) is 7.11 Å². The highest BCUT2D eigenvalue weighted by molar-refractivity contribution is 6.13. The summed E-state index contributed by atoms with van der Waals surface area (Å²) in [7, 11) is 1.63. The molecule has 0 saturated carbocycles. The summed E-state index contributed by atoms with van der Waals surface area (Å²) < 4.78 is 7.19. The number of para-hydroxylation sites is 1. The Kier molecular flexibility index (Phi) is 4.77. The van der Waals surface area contributed by atoms with Crippen molar-refractivity contribution in [2.24, 2.45) is 0 Å². The van der Waals surface area contributed by atoms with Gasteiger partial charge in [-0.2, -0.15) is 5.10 Å². The van der Waals surface area contributed by atoms with Crippen LogP contribution < -0.4 is 4.74 Å². The largest absolute Gasteiger partial charge is 0.497 e. The third kappa shape index (κ3) is 3.21. The van der Waals surface area contributed by atoms with Gasteiger partial charge in [-0.3, -0.25) is 4.79 Å². The van der Waals surface area contributed by atoms with Gasteiger partial charge in [-0.25, -0.2) is 4.68 Å². The van der Waals surface area contributed by atoms with E-state index in [0.717, 1.165) is 22.7 Å². The molecule has 1 aromatic heterocycles. The van der Waals surface area contributed by atoms with Crippen LogP contribution >= 0.6 is 0 Å². The van der Waals surface area contributed by atoms with Crippen molar-refractivity contribution in [3.8, 4) is 22.7 Å². The van der Waals surface area contributed by atoms with Crippen LogP contribution in [0.3, 0.4) is 0 Å². The van der Waals surface area contributed by atoms with E-state index < -0.39 is 0 Å². The molecule has 4 nitrogen and oxygen atoms in total. The van der Waals surface area contributed by atoms with Crippen molar-refractivity contribution in [1.82, 2.24) is 9.78 Å². The maximum Gasteiger partial charge on any atom is 0.197 e. The predicted molar refractivity (Wildman–Crippen MR) is 110 cm³/mol. The van der Waals surface area contributed by atoms with Gasteiger partial charge in [0, 0.05) is 11.1 Å². The topological polar surface area (TPSA) is 44.1 Å². The van der Waals surface area contributed by atoms with E-state index in [4.69, 9.17) is 9.84 Å². The Bertz CT molecular complexity index is 1120. The SMILES string of the molecule is COc1cccc(-c2nn(-c3ccccc3)c(C)c2C(=O)c2ccccc2)c1. The summed E-state index contributed by atoms with van der Waals surface area (Å²) in [5.74, 6) is 0.681. The molecule has 4 aromatic rings. The molecule has 0 bridgehead atoms. The molecule has 0 saturated heterocycles. The minimum atomic E-state index is -0.0434. The Labute approximate surface area is 164 Å². The Balaban J connectivity index is 1.94. The second-order valence-corrected chi connectivity index (χ2v) is 6.48. The van der Waals surface area contributed by atoms with E-state index >= 15 is 0 Å². The molecule has 1 heterocycles. The summed E-state index contributed by atoms with van der Waals surface area (Å²) in [5.41, 5.74) is 4.45. The molecular weight excluding hydrogens is 348 g/mol. The summed E-state index contributed by atoms with van der Waals surface area (Å²) >= 11 is 0. The van der Waals surface area contributed by atoms with Crippen LogP contribution in [-0.2, 0) is 0 Å². The van der Waals surface area contributed by atoms with Gasteiger partial charge in [-0.15, -0.1) is 0 Å². The quantitative estimate of drug-likeness (QED) is 0.461. The van der Waals surface area contributed by atoms with Gasteiger partial charge in [0.2, 0.25) is 0 Å². The minimum absolute atomic E-state index is 0.0434. The lowest BCUT2D eigenvalue weighted by Crippen LogP contribution is -2.05. The highest BCUT2D eigenvalue weighted by atomic mass is 16.5. The highest BCUT2D eigenvalue weighted by Crippen LogP contribution is 2.31. The molecule has 0 aliphatic heterocycles. The molecule has 0 spiro atoms. The number of benzene rings is 3. The van der Waals surface area contributed by atoms with Crippen LogP contribution in [0.25, 0.3) is 16.9 Å². The van der Waals surface area contributed by atoms with Crippen LogP contribution in [0.1, 0.15) is 21.6 Å². The summed E-state index contributed by atoms with van der Waals surface area (Å²) in [5, 5.41) is 4.81. The number of aromatic nitrogens is 2. The number of ether oxygens (including phenoxy) is 1. The number of rotatable bonds is 5. The molecule has 4 rings (SSSR count). The fraction of sp³-hybridized carbons (Fsp3) is 0.0833. The second-order valence-electron chi connectivity index (χ2n) is 6.48. The number of nitrogens with zero attached hydrogens (tertiary/aromatic N) is 2. The van der Waals surface area contributed by atoms with Crippen LogP contribution in [0.4, 0.5) is 0 Å². The first-order valence-electron chi connectivity index (χ1n) is 9.08. The summed E-state index contributed by atoms with van der Waals surface area (Å²) in [6, 6.07) is 26.8. The van der Waals surface area contributed by atoms with Gasteiger partial charge in [-0.1, -0.05) is 60.7 Å². The van der Waals surface area contributed by atoms with Crippen molar-refractivity contribution in [3.63, 3.8) is 0 Å². The van der Waals surface area contributed by atoms with E-state index in [9.17, 15) is 4.79 Å². The average molecular weight is 368 g/mol. The molecule has 0 amide bonds. The van der Waals surface area contributed by atoms with Gasteiger partial charge in [-0.05, 0) is 31.2 Å². The summed E-state index contributed by atoms with van der Waals surface area (Å²) in [6.45, 7) is 1.93. The van der Waals surface area contributed by atoms with E-state index in [0.29, 0.717) is 16.8 Å². The second kappa shape index (κ2) is 7.53. The average Bonchev–Trinajstić information content (AvgIpc) is 3.11. The Hall–Kier alpha value is -3.66. The van der Waals surface area contributed by atoms with Crippen molar-refractivity contribution in [3.05, 3.63) is 102 Å². The van der Waals surface area contributed by atoms with E-state index in [1.54, 1.807) is 7.11 Å². The van der Waals surface area contributed by atoms with Crippen LogP contribution in [0.5, 0.6) is 5.75 Å². The zero-order valence-corrected chi connectivity index (χ0v) is 15.8. The van der Waals surface area contributed by atoms with Gasteiger partial charge < -0.3 is 4.74 Å². The van der Waals surface area contributed by atoms with Crippen molar-refractivity contribution >= 4 is 5.78 Å². The molecule has 0 aliphatic carbocycles. The summed E-state index contributed by atoms with van der Waals surface area (Å²) in [4.78, 5) is 13.4. The Morgan fingerprint density at radius 1 is 0.893 bits per heavy atom. The minimum Gasteiger partial charge on any atom is -0.497 e. The molecule has 0 N–H and O–H groups in total. The highest BCUT2D eigenvalue weighted by Gasteiger charge is 2.24. The number of methoxy groups -OCH3 is 1. The number of carbonyl (C=O) groups excluding carboxylic acids is 1. The number of ketones is 1.